The average molecular weight is 292 g/mol. The molecule has 20 heavy (non-hydrogen) atoms. The standard InChI is InChI=1S/C13H16N4O2S/c1-16-6-4-9(7-16)17-12-10(3-2-5-14-12)15-13(17)20-8-11(18)19/h2-3,5,9H,4,6-8H2,1H3,(H,18,19). The highest BCUT2D eigenvalue weighted by molar-refractivity contribution is 7.99. The molecule has 0 bridgehead atoms. The maximum absolute atomic E-state index is 10.8. The van der Waals surface area contributed by atoms with Crippen molar-refractivity contribution in [1.29, 1.82) is 0 Å². The molecule has 1 fully saturated rings. The number of likely N-dealkylation sites (N-methyl/N-ethyl adjacent to an activating group) is 1. The molecule has 3 heterocycles. The Kier molecular flexibility index (Phi) is 3.62. The van der Waals surface area contributed by atoms with Crippen molar-refractivity contribution in [1.82, 2.24) is 19.4 Å². The van der Waals surface area contributed by atoms with Gasteiger partial charge in [0.15, 0.2) is 10.8 Å². The summed E-state index contributed by atoms with van der Waals surface area (Å²) in [4.78, 5) is 22.0. The van der Waals surface area contributed by atoms with E-state index >= 15 is 0 Å². The second kappa shape index (κ2) is 5.41. The molecule has 6 nitrogen and oxygen atoms in total. The first-order chi connectivity index (χ1) is 9.65. The van der Waals surface area contributed by atoms with Crippen molar-refractivity contribution in [2.24, 2.45) is 0 Å². The molecule has 0 aliphatic carbocycles. The maximum Gasteiger partial charge on any atom is 0.313 e. The van der Waals surface area contributed by atoms with E-state index in [9.17, 15) is 4.79 Å². The number of hydrogen-bond acceptors (Lipinski definition) is 5. The summed E-state index contributed by atoms with van der Waals surface area (Å²) in [5, 5.41) is 9.62. The fourth-order valence-electron chi connectivity index (χ4n) is 2.59. The van der Waals surface area contributed by atoms with Crippen molar-refractivity contribution in [3.8, 4) is 0 Å². The number of fused-ring (bicyclic) bond motifs is 1. The number of aromatic nitrogens is 3. The van der Waals surface area contributed by atoms with Crippen LogP contribution in [0.3, 0.4) is 0 Å². The van der Waals surface area contributed by atoms with Gasteiger partial charge in [-0.2, -0.15) is 0 Å². The summed E-state index contributed by atoms with van der Waals surface area (Å²) in [6, 6.07) is 4.09. The van der Waals surface area contributed by atoms with Crippen molar-refractivity contribution < 1.29 is 9.90 Å². The Morgan fingerprint density at radius 1 is 1.60 bits per heavy atom. The number of carboxylic acids is 1. The molecule has 0 aromatic carbocycles. The van der Waals surface area contributed by atoms with E-state index in [-0.39, 0.29) is 5.75 Å². The molecule has 3 rings (SSSR count). The Morgan fingerprint density at radius 2 is 2.45 bits per heavy atom. The van der Waals surface area contributed by atoms with Crippen LogP contribution >= 0.6 is 11.8 Å². The molecule has 0 saturated carbocycles. The Balaban J connectivity index is 2.01. The van der Waals surface area contributed by atoms with Gasteiger partial charge in [0.05, 0.1) is 11.8 Å². The largest absolute Gasteiger partial charge is 0.481 e. The van der Waals surface area contributed by atoms with Gasteiger partial charge < -0.3 is 10.0 Å². The van der Waals surface area contributed by atoms with Crippen LogP contribution in [0.1, 0.15) is 12.5 Å². The molecular weight excluding hydrogens is 276 g/mol. The van der Waals surface area contributed by atoms with E-state index in [1.54, 1.807) is 6.20 Å². The predicted molar refractivity (Wildman–Crippen MR) is 77.0 cm³/mol. The third-order valence-electron chi connectivity index (χ3n) is 3.47. The number of rotatable bonds is 4. The molecule has 0 amide bonds. The minimum atomic E-state index is -0.829. The van der Waals surface area contributed by atoms with Crippen LogP contribution < -0.4 is 0 Å². The first kappa shape index (κ1) is 13.4. The summed E-state index contributed by atoms with van der Waals surface area (Å²) in [6.07, 6.45) is 2.80. The van der Waals surface area contributed by atoms with Crippen LogP contribution in [0.2, 0.25) is 0 Å². The quantitative estimate of drug-likeness (QED) is 0.861. The first-order valence-electron chi connectivity index (χ1n) is 6.51. The van der Waals surface area contributed by atoms with E-state index in [4.69, 9.17) is 5.11 Å². The number of hydrogen-bond donors (Lipinski definition) is 1. The second-order valence-electron chi connectivity index (χ2n) is 5.00. The summed E-state index contributed by atoms with van der Waals surface area (Å²) in [7, 11) is 2.09. The van der Waals surface area contributed by atoms with Gasteiger partial charge in [-0.1, -0.05) is 11.8 Å². The second-order valence-corrected chi connectivity index (χ2v) is 5.94. The Hall–Kier alpha value is -1.60. The predicted octanol–water partition coefficient (Wildman–Crippen LogP) is 1.48. The van der Waals surface area contributed by atoms with Crippen molar-refractivity contribution in [3.05, 3.63) is 18.3 Å². The number of pyridine rings is 1. The fourth-order valence-corrected chi connectivity index (χ4v) is 3.38. The molecule has 106 valence electrons. The number of likely N-dealkylation sites (tertiary alicyclic amines) is 1. The van der Waals surface area contributed by atoms with Crippen LogP contribution in [-0.4, -0.2) is 56.4 Å². The molecule has 2 aromatic rings. The lowest BCUT2D eigenvalue weighted by Gasteiger charge is -2.15. The Labute approximate surface area is 120 Å². The number of carbonyl (C=O) groups is 1. The molecule has 1 aliphatic heterocycles. The molecule has 1 saturated heterocycles. The molecule has 0 radical (unpaired) electrons. The topological polar surface area (TPSA) is 71.2 Å². The third-order valence-corrected chi connectivity index (χ3v) is 4.41. The number of aliphatic carboxylic acids is 1. The van der Waals surface area contributed by atoms with Crippen molar-refractivity contribution in [2.45, 2.75) is 17.6 Å². The van der Waals surface area contributed by atoms with Crippen LogP contribution in [0, 0.1) is 0 Å². The first-order valence-corrected chi connectivity index (χ1v) is 7.50. The zero-order chi connectivity index (χ0) is 14.1. The van der Waals surface area contributed by atoms with E-state index in [0.717, 1.165) is 35.8 Å². The molecule has 1 atom stereocenters. The van der Waals surface area contributed by atoms with Gasteiger partial charge in [0, 0.05) is 12.7 Å². The van der Waals surface area contributed by atoms with Crippen LogP contribution in [0.25, 0.3) is 11.2 Å². The van der Waals surface area contributed by atoms with E-state index in [1.807, 2.05) is 12.1 Å². The summed E-state index contributed by atoms with van der Waals surface area (Å²) in [5.74, 6) is -0.809. The molecule has 2 aromatic heterocycles. The van der Waals surface area contributed by atoms with Gasteiger partial charge in [-0.3, -0.25) is 9.36 Å². The van der Waals surface area contributed by atoms with Gasteiger partial charge in [-0.05, 0) is 32.1 Å². The summed E-state index contributed by atoms with van der Waals surface area (Å²) in [6.45, 7) is 1.99. The van der Waals surface area contributed by atoms with Crippen molar-refractivity contribution in [2.75, 3.05) is 25.9 Å². The van der Waals surface area contributed by atoms with Gasteiger partial charge >= 0.3 is 5.97 Å². The van der Waals surface area contributed by atoms with E-state index in [0.29, 0.717) is 6.04 Å². The van der Waals surface area contributed by atoms with Crippen LogP contribution in [0.5, 0.6) is 0 Å². The molecule has 1 N–H and O–H groups in total. The highest BCUT2D eigenvalue weighted by atomic mass is 32.2. The van der Waals surface area contributed by atoms with Crippen LogP contribution in [0.4, 0.5) is 0 Å². The lowest BCUT2D eigenvalue weighted by Crippen LogP contribution is -2.17. The summed E-state index contributed by atoms with van der Waals surface area (Å²) >= 11 is 1.26. The molecule has 7 heteroatoms. The monoisotopic (exact) mass is 292 g/mol. The number of nitrogens with zero attached hydrogens (tertiary/aromatic N) is 4. The van der Waals surface area contributed by atoms with Gasteiger partial charge in [0.1, 0.15) is 5.52 Å². The zero-order valence-corrected chi connectivity index (χ0v) is 12.0. The lowest BCUT2D eigenvalue weighted by molar-refractivity contribution is -0.133. The van der Waals surface area contributed by atoms with E-state index in [1.165, 1.54) is 11.8 Å². The molecule has 1 aliphatic rings. The normalized spacial score (nSPS) is 19.8. The highest BCUT2D eigenvalue weighted by Gasteiger charge is 2.26. The number of carboxylic acid groups (broad SMARTS) is 1. The van der Waals surface area contributed by atoms with Gasteiger partial charge in [-0.25, -0.2) is 9.97 Å². The summed E-state index contributed by atoms with van der Waals surface area (Å²) < 4.78 is 2.10. The number of imidazole rings is 1. The van der Waals surface area contributed by atoms with Crippen molar-refractivity contribution in [3.63, 3.8) is 0 Å². The van der Waals surface area contributed by atoms with Crippen LogP contribution in [0.15, 0.2) is 23.5 Å². The highest BCUT2D eigenvalue weighted by Crippen LogP contribution is 2.30. The van der Waals surface area contributed by atoms with E-state index in [2.05, 4.69) is 26.5 Å². The lowest BCUT2D eigenvalue weighted by atomic mass is 10.2. The number of thioether (sulfide) groups is 1. The minimum Gasteiger partial charge on any atom is -0.481 e. The molecular formula is C13H16N4O2S. The zero-order valence-electron chi connectivity index (χ0n) is 11.2. The smallest absolute Gasteiger partial charge is 0.313 e. The third kappa shape index (κ3) is 2.51. The SMILES string of the molecule is CN1CCC(n2c(SCC(=O)O)nc3cccnc32)C1. The molecule has 1 unspecified atom stereocenters. The van der Waals surface area contributed by atoms with E-state index < -0.39 is 5.97 Å². The molecule has 0 spiro atoms. The Morgan fingerprint density at radius 3 is 3.15 bits per heavy atom. The Bertz CT molecular complexity index is 642. The average Bonchev–Trinajstić information content (AvgIpc) is 2.99. The van der Waals surface area contributed by atoms with Gasteiger partial charge in [0.2, 0.25) is 0 Å². The fraction of sp³-hybridized carbons (Fsp3) is 0.462. The van der Waals surface area contributed by atoms with Gasteiger partial charge in [-0.15, -0.1) is 0 Å². The van der Waals surface area contributed by atoms with Crippen molar-refractivity contribution >= 4 is 28.9 Å². The van der Waals surface area contributed by atoms with Gasteiger partial charge in [0.25, 0.3) is 0 Å². The maximum atomic E-state index is 10.8. The minimum absolute atomic E-state index is 0.0197. The van der Waals surface area contributed by atoms with Crippen LogP contribution in [-0.2, 0) is 4.79 Å². The summed E-state index contributed by atoms with van der Waals surface area (Å²) in [5.41, 5.74) is 1.68.